The summed E-state index contributed by atoms with van der Waals surface area (Å²) in [5.74, 6) is -0.414. The smallest absolute Gasteiger partial charge is 0.274 e. The van der Waals surface area contributed by atoms with Crippen molar-refractivity contribution in [2.75, 3.05) is 38.2 Å². The molecule has 0 radical (unpaired) electrons. The van der Waals surface area contributed by atoms with Crippen molar-refractivity contribution in [3.05, 3.63) is 101 Å². The number of benzene rings is 2. The van der Waals surface area contributed by atoms with Gasteiger partial charge in [0.1, 0.15) is 5.75 Å². The zero-order valence-electron chi connectivity index (χ0n) is 27.9. The molecular formula is C37H44N6O5. The summed E-state index contributed by atoms with van der Waals surface area (Å²) in [6.07, 6.45) is 7.53. The van der Waals surface area contributed by atoms with Crippen molar-refractivity contribution < 1.29 is 24.2 Å². The molecule has 3 heterocycles. The molecule has 2 N–H and O–H groups in total. The Bertz CT molecular complexity index is 1710. The number of aliphatic hydroxyl groups is 1. The molecule has 0 saturated carbocycles. The molecule has 0 unspecified atom stereocenters. The lowest BCUT2D eigenvalue weighted by Gasteiger charge is -2.36. The van der Waals surface area contributed by atoms with Crippen LogP contribution >= 0.6 is 0 Å². The van der Waals surface area contributed by atoms with Crippen molar-refractivity contribution in [1.82, 2.24) is 24.6 Å². The molecule has 1 atom stereocenters. The van der Waals surface area contributed by atoms with Crippen molar-refractivity contribution >= 4 is 23.4 Å². The fourth-order valence-corrected chi connectivity index (χ4v) is 5.99. The number of rotatable bonds is 14. The van der Waals surface area contributed by atoms with E-state index < -0.39 is 11.9 Å². The minimum Gasteiger partial charge on any atom is -0.482 e. The number of aliphatic hydroxyl groups excluding tert-OH is 1. The molecule has 11 heteroatoms. The third kappa shape index (κ3) is 7.91. The van der Waals surface area contributed by atoms with E-state index in [2.05, 4.69) is 24.1 Å². The molecule has 252 valence electrons. The molecule has 5 rings (SSSR count). The maximum absolute atomic E-state index is 14.5. The first-order chi connectivity index (χ1) is 23.3. The highest BCUT2D eigenvalue weighted by molar-refractivity contribution is 6.01. The summed E-state index contributed by atoms with van der Waals surface area (Å²) in [5.41, 5.74) is 4.12. The van der Waals surface area contributed by atoms with Crippen molar-refractivity contribution in [3.8, 4) is 11.4 Å². The van der Waals surface area contributed by atoms with Gasteiger partial charge in [-0.2, -0.15) is 5.10 Å². The van der Waals surface area contributed by atoms with Crippen molar-refractivity contribution in [1.29, 1.82) is 0 Å². The van der Waals surface area contributed by atoms with Crippen LogP contribution in [-0.2, 0) is 11.2 Å². The van der Waals surface area contributed by atoms with Gasteiger partial charge in [-0.1, -0.05) is 51.0 Å². The van der Waals surface area contributed by atoms with Gasteiger partial charge in [0.05, 0.1) is 30.1 Å². The molecule has 0 aliphatic carbocycles. The lowest BCUT2D eigenvalue weighted by atomic mass is 9.92. The van der Waals surface area contributed by atoms with Crippen LogP contribution in [0.4, 0.5) is 5.69 Å². The SMILES string of the molecule is CCCCN(CCCC)C(=O)c1cc(C)n(-c2ccc(NC(=O)COc3cccnc3)cc2C(=O)N2CCc3ccccc3[C@H]2CO)n1. The summed E-state index contributed by atoms with van der Waals surface area (Å²) in [6.45, 7) is 7.27. The van der Waals surface area contributed by atoms with Crippen LogP contribution in [0.3, 0.4) is 0 Å². The number of fused-ring (bicyclic) bond motifs is 1. The average molecular weight is 653 g/mol. The fraction of sp³-hybridized carbons (Fsp3) is 0.378. The van der Waals surface area contributed by atoms with E-state index in [1.165, 1.54) is 6.20 Å². The quantitative estimate of drug-likeness (QED) is 0.187. The Hall–Kier alpha value is -5.03. The molecule has 11 nitrogen and oxygen atoms in total. The first-order valence-electron chi connectivity index (χ1n) is 16.7. The normalized spacial score (nSPS) is 13.9. The number of amides is 3. The van der Waals surface area contributed by atoms with E-state index in [1.807, 2.05) is 36.1 Å². The lowest BCUT2D eigenvalue weighted by molar-refractivity contribution is -0.118. The Morgan fingerprint density at radius 2 is 1.79 bits per heavy atom. The zero-order chi connectivity index (χ0) is 34.0. The second-order valence-corrected chi connectivity index (χ2v) is 12.0. The monoisotopic (exact) mass is 652 g/mol. The lowest BCUT2D eigenvalue weighted by Crippen LogP contribution is -2.42. The van der Waals surface area contributed by atoms with E-state index in [0.717, 1.165) is 36.8 Å². The second kappa shape index (κ2) is 16.2. The number of hydrogen-bond donors (Lipinski definition) is 2. The number of aromatic nitrogens is 3. The van der Waals surface area contributed by atoms with Gasteiger partial charge in [-0.25, -0.2) is 4.68 Å². The fourth-order valence-electron chi connectivity index (χ4n) is 5.99. The Labute approximate surface area is 281 Å². The van der Waals surface area contributed by atoms with E-state index in [4.69, 9.17) is 9.84 Å². The molecule has 1 aliphatic rings. The van der Waals surface area contributed by atoms with Crippen LogP contribution in [-0.4, -0.2) is 80.2 Å². The molecule has 0 fully saturated rings. The van der Waals surface area contributed by atoms with Gasteiger partial charge < -0.3 is 25.0 Å². The standard InChI is InChI=1S/C37H44N6O5/c1-4-6-18-41(19-7-5-2)37(47)32-21-26(3)43(40-32)33-15-14-28(39-35(45)25-48-29-12-10-17-38-23-29)22-31(33)36(46)42-20-16-27-11-8-9-13-30(27)34(42)24-44/h8-15,17,21-23,34,44H,4-7,16,18-20,24-25H2,1-3H3,(H,39,45)/t34-/m1/s1. The van der Waals surface area contributed by atoms with E-state index in [-0.39, 0.29) is 30.6 Å². The van der Waals surface area contributed by atoms with Crippen LogP contribution in [0.5, 0.6) is 5.75 Å². The summed E-state index contributed by atoms with van der Waals surface area (Å²) in [4.78, 5) is 48.5. The van der Waals surface area contributed by atoms with Gasteiger partial charge in [0.25, 0.3) is 17.7 Å². The van der Waals surface area contributed by atoms with Crippen LogP contribution in [0.25, 0.3) is 5.69 Å². The molecule has 0 spiro atoms. The van der Waals surface area contributed by atoms with Crippen LogP contribution in [0.1, 0.15) is 83.2 Å². The van der Waals surface area contributed by atoms with Gasteiger partial charge >= 0.3 is 0 Å². The molecule has 48 heavy (non-hydrogen) atoms. The number of aryl methyl sites for hydroxylation is 1. The molecule has 4 aromatic rings. The van der Waals surface area contributed by atoms with Gasteiger partial charge in [0.15, 0.2) is 12.3 Å². The Morgan fingerprint density at radius 3 is 2.50 bits per heavy atom. The van der Waals surface area contributed by atoms with E-state index >= 15 is 0 Å². The van der Waals surface area contributed by atoms with Crippen molar-refractivity contribution in [3.63, 3.8) is 0 Å². The minimum atomic E-state index is -0.539. The predicted octanol–water partition coefficient (Wildman–Crippen LogP) is 5.37. The number of pyridine rings is 1. The largest absolute Gasteiger partial charge is 0.482 e. The van der Waals surface area contributed by atoms with Crippen LogP contribution < -0.4 is 10.1 Å². The third-order valence-corrected chi connectivity index (χ3v) is 8.55. The number of hydrogen-bond acceptors (Lipinski definition) is 7. The Balaban J connectivity index is 1.48. The Kier molecular flexibility index (Phi) is 11.6. The van der Waals surface area contributed by atoms with Gasteiger partial charge in [0.2, 0.25) is 0 Å². The summed E-state index contributed by atoms with van der Waals surface area (Å²) >= 11 is 0. The number of nitrogens with zero attached hydrogens (tertiary/aromatic N) is 5. The number of unbranched alkanes of at least 4 members (excludes halogenated alkanes) is 2. The minimum absolute atomic E-state index is 0.142. The van der Waals surface area contributed by atoms with Gasteiger partial charge in [0, 0.05) is 37.2 Å². The molecule has 2 aromatic carbocycles. The zero-order valence-corrected chi connectivity index (χ0v) is 27.9. The van der Waals surface area contributed by atoms with Gasteiger partial charge in [-0.3, -0.25) is 19.4 Å². The molecule has 1 aliphatic heterocycles. The first-order valence-corrected chi connectivity index (χ1v) is 16.7. The maximum Gasteiger partial charge on any atom is 0.274 e. The first kappa shape index (κ1) is 34.3. The predicted molar refractivity (Wildman–Crippen MR) is 183 cm³/mol. The molecule has 0 bridgehead atoms. The summed E-state index contributed by atoms with van der Waals surface area (Å²) < 4.78 is 7.16. The summed E-state index contributed by atoms with van der Waals surface area (Å²) in [5, 5.41) is 18.0. The number of nitrogens with one attached hydrogen (secondary N) is 1. The number of anilines is 1. The van der Waals surface area contributed by atoms with E-state index in [1.54, 1.807) is 52.2 Å². The molecular weight excluding hydrogens is 608 g/mol. The van der Waals surface area contributed by atoms with E-state index in [0.29, 0.717) is 54.6 Å². The molecule has 0 saturated heterocycles. The van der Waals surface area contributed by atoms with Gasteiger partial charge in [-0.15, -0.1) is 0 Å². The molecule has 3 amide bonds. The highest BCUT2D eigenvalue weighted by atomic mass is 16.5. The number of ether oxygens (including phenoxy) is 1. The van der Waals surface area contributed by atoms with Crippen molar-refractivity contribution in [2.45, 2.75) is 58.9 Å². The average Bonchev–Trinajstić information content (AvgIpc) is 3.51. The number of carbonyl (C=O) groups is 3. The maximum atomic E-state index is 14.5. The topological polar surface area (TPSA) is 130 Å². The summed E-state index contributed by atoms with van der Waals surface area (Å²) in [6, 6.07) is 17.5. The number of carbonyl (C=O) groups excluding carboxylic acids is 3. The third-order valence-electron chi connectivity index (χ3n) is 8.55. The Morgan fingerprint density at radius 1 is 1.02 bits per heavy atom. The highest BCUT2D eigenvalue weighted by Gasteiger charge is 2.33. The summed E-state index contributed by atoms with van der Waals surface area (Å²) in [7, 11) is 0. The van der Waals surface area contributed by atoms with Crippen molar-refractivity contribution in [2.24, 2.45) is 0 Å². The second-order valence-electron chi connectivity index (χ2n) is 12.0. The van der Waals surface area contributed by atoms with Crippen LogP contribution in [0.15, 0.2) is 73.1 Å². The molecule has 2 aromatic heterocycles. The highest BCUT2D eigenvalue weighted by Crippen LogP contribution is 2.32. The van der Waals surface area contributed by atoms with Crippen LogP contribution in [0, 0.1) is 6.92 Å². The van der Waals surface area contributed by atoms with Gasteiger partial charge in [-0.05, 0) is 73.7 Å². The van der Waals surface area contributed by atoms with Crippen LogP contribution in [0.2, 0.25) is 0 Å². The van der Waals surface area contributed by atoms with E-state index in [9.17, 15) is 19.5 Å².